The van der Waals surface area contributed by atoms with Crippen LogP contribution in [0.15, 0.2) is 0 Å². The average molecular weight is 454 g/mol. The van der Waals surface area contributed by atoms with Gasteiger partial charge in [0.25, 0.3) is 0 Å². The molecule has 3 atom stereocenters. The molecule has 0 aromatic rings. The fraction of sp³-hybridized carbons (Fsp3) is 0.923. The first kappa shape index (κ1) is 27.1. The topological polar surface area (TPSA) is 55.8 Å². The highest BCUT2D eigenvalue weighted by molar-refractivity contribution is 5.78. The van der Waals surface area contributed by atoms with E-state index < -0.39 is 0 Å². The van der Waals surface area contributed by atoms with Crippen LogP contribution in [0.3, 0.4) is 0 Å². The van der Waals surface area contributed by atoms with Crippen molar-refractivity contribution >= 4 is 11.9 Å². The van der Waals surface area contributed by atoms with Crippen LogP contribution < -0.4 is 0 Å². The number of esters is 1. The van der Waals surface area contributed by atoms with E-state index in [0.717, 1.165) is 56.4 Å². The van der Waals surface area contributed by atoms with E-state index >= 15 is 0 Å². The van der Waals surface area contributed by atoms with Gasteiger partial charge in [-0.1, -0.05) is 58.3 Å². The van der Waals surface area contributed by atoms with Crippen LogP contribution in [0.25, 0.3) is 0 Å². The van der Waals surface area contributed by atoms with Gasteiger partial charge in [0.15, 0.2) is 6.10 Å². The quantitative estimate of drug-likeness (QED) is 0.182. The van der Waals surface area contributed by atoms with Crippen LogP contribution in [0.4, 0.5) is 0 Å². The zero-order chi connectivity index (χ0) is 23.2. The molecule has 1 amide bonds. The standard InChI is InChI=1S/C26H49N2O4/c1-4-5-6-7-8-9-10-11-12-17-26(30)32-24(20-27-18-13-16-25(27)29)21-28(2)19-14-15-23(28)22-31-3/h23-24H,4-22H2,1-3H3/q+1. The van der Waals surface area contributed by atoms with Crippen LogP contribution in [0.2, 0.25) is 0 Å². The van der Waals surface area contributed by atoms with E-state index in [1.54, 1.807) is 7.11 Å². The molecule has 0 aromatic carbocycles. The zero-order valence-electron chi connectivity index (χ0n) is 21.1. The van der Waals surface area contributed by atoms with Gasteiger partial charge in [-0.05, 0) is 12.8 Å². The maximum absolute atomic E-state index is 12.6. The van der Waals surface area contributed by atoms with E-state index in [1.165, 1.54) is 51.4 Å². The summed E-state index contributed by atoms with van der Waals surface area (Å²) in [5.74, 6) is 0.0983. The Morgan fingerprint density at radius 1 is 1.09 bits per heavy atom. The van der Waals surface area contributed by atoms with Crippen LogP contribution in [0.5, 0.6) is 0 Å². The lowest BCUT2D eigenvalue weighted by atomic mass is 10.1. The summed E-state index contributed by atoms with van der Waals surface area (Å²) in [6.45, 7) is 6.15. The molecule has 0 aliphatic carbocycles. The Kier molecular flexibility index (Phi) is 12.6. The fourth-order valence-electron chi connectivity index (χ4n) is 5.44. The lowest BCUT2D eigenvalue weighted by Gasteiger charge is -2.39. The second kappa shape index (κ2) is 14.9. The normalized spacial score (nSPS) is 24.3. The van der Waals surface area contributed by atoms with Crippen molar-refractivity contribution in [3.63, 3.8) is 0 Å². The number of likely N-dealkylation sites (tertiary alicyclic amines) is 2. The Balaban J connectivity index is 1.77. The average Bonchev–Trinajstić information content (AvgIpc) is 3.32. The molecule has 2 rings (SSSR count). The minimum atomic E-state index is -0.231. The first-order chi connectivity index (χ1) is 15.5. The first-order valence-electron chi connectivity index (χ1n) is 13.3. The summed E-state index contributed by atoms with van der Waals surface area (Å²) in [5.41, 5.74) is 0. The molecule has 3 unspecified atom stereocenters. The predicted octanol–water partition coefficient (Wildman–Crippen LogP) is 4.70. The van der Waals surface area contributed by atoms with Crippen LogP contribution in [-0.4, -0.2) is 80.3 Å². The van der Waals surface area contributed by atoms with Crippen LogP contribution >= 0.6 is 0 Å². The minimum absolute atomic E-state index is 0.0984. The lowest BCUT2D eigenvalue weighted by molar-refractivity contribution is -0.924. The van der Waals surface area contributed by atoms with Gasteiger partial charge in [0.1, 0.15) is 12.6 Å². The molecule has 32 heavy (non-hydrogen) atoms. The molecular formula is C26H49N2O4+. The Morgan fingerprint density at radius 3 is 2.41 bits per heavy atom. The van der Waals surface area contributed by atoms with E-state index in [4.69, 9.17) is 9.47 Å². The number of hydrogen-bond acceptors (Lipinski definition) is 4. The largest absolute Gasteiger partial charge is 0.454 e. The van der Waals surface area contributed by atoms with Crippen molar-refractivity contribution in [2.75, 3.05) is 46.9 Å². The van der Waals surface area contributed by atoms with Gasteiger partial charge in [0.2, 0.25) is 5.91 Å². The van der Waals surface area contributed by atoms with Crippen molar-refractivity contribution < 1.29 is 23.5 Å². The van der Waals surface area contributed by atoms with Crippen LogP contribution in [0, 0.1) is 0 Å². The number of quaternary nitrogens is 1. The van der Waals surface area contributed by atoms with Gasteiger partial charge in [-0.25, -0.2) is 0 Å². The summed E-state index contributed by atoms with van der Waals surface area (Å²) in [4.78, 5) is 26.7. The molecule has 0 spiro atoms. The maximum Gasteiger partial charge on any atom is 0.306 e. The van der Waals surface area contributed by atoms with E-state index in [1.807, 2.05) is 4.90 Å². The van der Waals surface area contributed by atoms with Gasteiger partial charge in [0.05, 0.1) is 26.7 Å². The van der Waals surface area contributed by atoms with Gasteiger partial charge in [0, 0.05) is 39.3 Å². The third kappa shape index (κ3) is 9.38. The van der Waals surface area contributed by atoms with Gasteiger partial charge in [-0.15, -0.1) is 0 Å². The summed E-state index contributed by atoms with van der Waals surface area (Å²) in [6, 6.07) is 0.438. The molecule has 6 nitrogen and oxygen atoms in total. The molecule has 2 aliphatic rings. The van der Waals surface area contributed by atoms with Gasteiger partial charge in [-0.2, -0.15) is 0 Å². The molecule has 0 N–H and O–H groups in total. The summed E-state index contributed by atoms with van der Waals surface area (Å²) in [5, 5.41) is 0. The smallest absolute Gasteiger partial charge is 0.306 e. The second-order valence-electron chi connectivity index (χ2n) is 10.3. The number of carbonyl (C=O) groups is 2. The summed E-state index contributed by atoms with van der Waals surface area (Å²) in [6.07, 6.45) is 15.2. The van der Waals surface area contributed by atoms with E-state index in [0.29, 0.717) is 25.4 Å². The molecule has 186 valence electrons. The molecule has 2 heterocycles. The molecular weight excluding hydrogens is 404 g/mol. The van der Waals surface area contributed by atoms with Crippen molar-refractivity contribution in [2.45, 2.75) is 109 Å². The highest BCUT2D eigenvalue weighted by Crippen LogP contribution is 2.27. The Labute approximate surface area is 196 Å². The third-order valence-corrected chi connectivity index (χ3v) is 7.45. The fourth-order valence-corrected chi connectivity index (χ4v) is 5.44. The summed E-state index contributed by atoms with van der Waals surface area (Å²) in [7, 11) is 4.01. The number of ether oxygens (including phenoxy) is 2. The molecule has 0 radical (unpaired) electrons. The van der Waals surface area contributed by atoms with E-state index in [-0.39, 0.29) is 18.0 Å². The van der Waals surface area contributed by atoms with Crippen LogP contribution in [-0.2, 0) is 19.1 Å². The number of likely N-dealkylation sites (N-methyl/N-ethyl adjacent to an activating group) is 1. The summed E-state index contributed by atoms with van der Waals surface area (Å²) >= 11 is 0. The molecule has 2 aliphatic heterocycles. The Hall–Kier alpha value is -1.14. The monoisotopic (exact) mass is 453 g/mol. The highest BCUT2D eigenvalue weighted by atomic mass is 16.5. The molecule has 0 saturated carbocycles. The molecule has 2 fully saturated rings. The van der Waals surface area contributed by atoms with Crippen molar-refractivity contribution in [3.05, 3.63) is 0 Å². The van der Waals surface area contributed by atoms with Crippen LogP contribution in [0.1, 0.15) is 96.8 Å². The van der Waals surface area contributed by atoms with Crippen molar-refractivity contribution in [1.82, 2.24) is 4.90 Å². The van der Waals surface area contributed by atoms with Crippen molar-refractivity contribution in [1.29, 1.82) is 0 Å². The zero-order valence-corrected chi connectivity index (χ0v) is 21.1. The number of amides is 1. The second-order valence-corrected chi connectivity index (χ2v) is 10.3. The Bertz CT molecular complexity index is 556. The highest BCUT2D eigenvalue weighted by Gasteiger charge is 2.41. The predicted molar refractivity (Wildman–Crippen MR) is 128 cm³/mol. The van der Waals surface area contributed by atoms with E-state index in [2.05, 4.69) is 14.0 Å². The molecule has 6 heteroatoms. The number of nitrogens with zero attached hydrogens (tertiary/aromatic N) is 2. The van der Waals surface area contributed by atoms with Gasteiger partial charge >= 0.3 is 5.97 Å². The number of hydrogen-bond donors (Lipinski definition) is 0. The third-order valence-electron chi connectivity index (χ3n) is 7.45. The van der Waals surface area contributed by atoms with Gasteiger partial charge < -0.3 is 18.9 Å². The van der Waals surface area contributed by atoms with Gasteiger partial charge in [-0.3, -0.25) is 9.59 Å². The van der Waals surface area contributed by atoms with E-state index in [9.17, 15) is 9.59 Å². The lowest BCUT2D eigenvalue weighted by Crippen LogP contribution is -2.56. The number of methoxy groups -OCH3 is 1. The summed E-state index contributed by atoms with van der Waals surface area (Å²) < 4.78 is 12.3. The molecule has 2 saturated heterocycles. The van der Waals surface area contributed by atoms with Crippen molar-refractivity contribution in [3.8, 4) is 0 Å². The molecule has 0 bridgehead atoms. The number of rotatable bonds is 17. The Morgan fingerprint density at radius 2 is 1.78 bits per heavy atom. The van der Waals surface area contributed by atoms with Crippen molar-refractivity contribution in [2.24, 2.45) is 0 Å². The minimum Gasteiger partial charge on any atom is -0.454 e. The first-order valence-corrected chi connectivity index (χ1v) is 13.3. The number of unbranched alkanes of at least 4 members (excludes halogenated alkanes) is 8. The maximum atomic E-state index is 12.6. The number of carbonyl (C=O) groups excluding carboxylic acids is 2. The SMILES string of the molecule is CCCCCCCCCCCC(=O)OC(CN1CCCC1=O)C[N+]1(C)CCCC1COC. The molecule has 0 aromatic heterocycles.